The van der Waals surface area contributed by atoms with Gasteiger partial charge in [-0.3, -0.25) is 14.7 Å². The Morgan fingerprint density at radius 1 is 1.44 bits per heavy atom. The van der Waals surface area contributed by atoms with Crippen molar-refractivity contribution in [2.75, 3.05) is 19.6 Å². The van der Waals surface area contributed by atoms with Crippen molar-refractivity contribution in [1.29, 1.82) is 0 Å². The Hall–Kier alpha value is -1.92. The minimum absolute atomic E-state index is 0.0738. The Labute approximate surface area is 105 Å². The largest absolute Gasteiger partial charge is 0.354 e. The fraction of sp³-hybridized carbons (Fsp3) is 0.636. The summed E-state index contributed by atoms with van der Waals surface area (Å²) in [4.78, 5) is 29.2. The summed E-state index contributed by atoms with van der Waals surface area (Å²) < 4.78 is 0. The molecule has 0 unspecified atom stereocenters. The second-order valence-electron chi connectivity index (χ2n) is 4.63. The average Bonchev–Trinajstić information content (AvgIpc) is 2.72. The summed E-state index contributed by atoms with van der Waals surface area (Å²) in [5.74, 6) is 0.563. The Kier molecular flexibility index (Phi) is 3.59. The summed E-state index contributed by atoms with van der Waals surface area (Å²) in [5, 5.41) is 9.37. The highest BCUT2D eigenvalue weighted by molar-refractivity contribution is 5.93. The molecule has 0 bridgehead atoms. The van der Waals surface area contributed by atoms with E-state index < -0.39 is 0 Å². The lowest BCUT2D eigenvalue weighted by Gasteiger charge is -2.16. The Bertz CT molecular complexity index is 454. The number of nitrogens with one attached hydrogen (secondary N) is 2. The predicted octanol–water partition coefficient (Wildman–Crippen LogP) is -0.110. The first-order valence-corrected chi connectivity index (χ1v) is 6.06. The Morgan fingerprint density at radius 3 is 2.89 bits per heavy atom. The second-order valence-corrected chi connectivity index (χ2v) is 4.63. The summed E-state index contributed by atoms with van der Waals surface area (Å²) in [6.07, 6.45) is 0.749. The van der Waals surface area contributed by atoms with E-state index in [0.717, 1.165) is 6.42 Å². The molecule has 2 N–H and O–H groups in total. The molecular weight excluding hydrogens is 234 g/mol. The van der Waals surface area contributed by atoms with Gasteiger partial charge in [0.25, 0.3) is 5.91 Å². The minimum atomic E-state index is -0.296. The average molecular weight is 251 g/mol. The quantitative estimate of drug-likeness (QED) is 0.767. The van der Waals surface area contributed by atoms with Crippen molar-refractivity contribution in [3.63, 3.8) is 0 Å². The topological polar surface area (TPSA) is 91.0 Å². The fourth-order valence-electron chi connectivity index (χ4n) is 1.75. The molecule has 98 valence electrons. The summed E-state index contributed by atoms with van der Waals surface area (Å²) in [5.41, 5.74) is 0. The van der Waals surface area contributed by atoms with Gasteiger partial charge in [0.2, 0.25) is 11.7 Å². The lowest BCUT2D eigenvalue weighted by molar-refractivity contribution is -0.121. The van der Waals surface area contributed by atoms with Gasteiger partial charge in [-0.05, 0) is 6.42 Å². The third kappa shape index (κ3) is 2.66. The lowest BCUT2D eigenvalue weighted by Crippen LogP contribution is -2.37. The Balaban J connectivity index is 2.11. The third-order valence-corrected chi connectivity index (χ3v) is 2.79. The summed E-state index contributed by atoms with van der Waals surface area (Å²) in [6, 6.07) is 0. The number of hydrogen-bond acceptors (Lipinski definition) is 4. The maximum atomic E-state index is 12.1. The van der Waals surface area contributed by atoms with Gasteiger partial charge in [0, 0.05) is 19.0 Å². The normalized spacial score (nSPS) is 16.6. The first kappa shape index (κ1) is 12.5. The number of amides is 2. The van der Waals surface area contributed by atoms with Crippen LogP contribution in [-0.4, -0.2) is 51.5 Å². The zero-order valence-electron chi connectivity index (χ0n) is 10.6. The van der Waals surface area contributed by atoms with Crippen LogP contribution in [0.5, 0.6) is 0 Å². The molecule has 1 aromatic rings. The molecule has 1 aromatic heterocycles. The second kappa shape index (κ2) is 5.16. The fourth-order valence-corrected chi connectivity index (χ4v) is 1.75. The molecule has 2 heterocycles. The summed E-state index contributed by atoms with van der Waals surface area (Å²) in [7, 11) is 0. The molecule has 7 nitrogen and oxygen atoms in total. The molecule has 1 aliphatic rings. The molecule has 1 fully saturated rings. The molecule has 0 spiro atoms. The highest BCUT2D eigenvalue weighted by atomic mass is 16.2. The Morgan fingerprint density at radius 2 is 2.22 bits per heavy atom. The molecule has 0 aliphatic carbocycles. The van der Waals surface area contributed by atoms with E-state index in [-0.39, 0.29) is 30.1 Å². The van der Waals surface area contributed by atoms with Gasteiger partial charge in [0.15, 0.2) is 0 Å². The van der Waals surface area contributed by atoms with Crippen LogP contribution in [0.4, 0.5) is 0 Å². The van der Waals surface area contributed by atoms with Crippen LogP contribution in [0.15, 0.2) is 0 Å². The van der Waals surface area contributed by atoms with E-state index in [1.54, 1.807) is 0 Å². The van der Waals surface area contributed by atoms with E-state index in [2.05, 4.69) is 20.5 Å². The van der Waals surface area contributed by atoms with E-state index in [0.29, 0.717) is 18.9 Å². The van der Waals surface area contributed by atoms with Crippen molar-refractivity contribution in [3.05, 3.63) is 11.6 Å². The maximum absolute atomic E-state index is 12.1. The molecule has 0 saturated carbocycles. The van der Waals surface area contributed by atoms with E-state index in [1.807, 2.05) is 13.8 Å². The van der Waals surface area contributed by atoms with Crippen LogP contribution in [-0.2, 0) is 4.79 Å². The van der Waals surface area contributed by atoms with Crippen molar-refractivity contribution in [3.8, 4) is 0 Å². The molecule has 0 atom stereocenters. The van der Waals surface area contributed by atoms with E-state index in [1.165, 1.54) is 4.90 Å². The molecular formula is C11H17N5O2. The minimum Gasteiger partial charge on any atom is -0.354 e. The van der Waals surface area contributed by atoms with Crippen LogP contribution in [0.2, 0.25) is 0 Å². The zero-order chi connectivity index (χ0) is 13.1. The first-order chi connectivity index (χ1) is 8.58. The van der Waals surface area contributed by atoms with Crippen LogP contribution in [0, 0.1) is 0 Å². The monoisotopic (exact) mass is 251 g/mol. The molecule has 0 radical (unpaired) electrons. The molecule has 1 aliphatic heterocycles. The number of aromatic nitrogens is 3. The van der Waals surface area contributed by atoms with Crippen LogP contribution >= 0.6 is 0 Å². The smallest absolute Gasteiger partial charge is 0.293 e. The number of aromatic amines is 1. The summed E-state index contributed by atoms with van der Waals surface area (Å²) in [6.45, 7) is 5.16. The highest BCUT2D eigenvalue weighted by Crippen LogP contribution is 2.09. The number of rotatable bonds is 2. The number of nitrogens with zero attached hydrogens (tertiary/aromatic N) is 3. The maximum Gasteiger partial charge on any atom is 0.293 e. The van der Waals surface area contributed by atoms with Crippen LogP contribution in [0.1, 0.15) is 42.6 Å². The molecule has 0 aromatic carbocycles. The van der Waals surface area contributed by atoms with E-state index >= 15 is 0 Å². The van der Waals surface area contributed by atoms with E-state index in [9.17, 15) is 9.59 Å². The van der Waals surface area contributed by atoms with Crippen molar-refractivity contribution >= 4 is 11.8 Å². The lowest BCUT2D eigenvalue weighted by atomic mass is 10.2. The van der Waals surface area contributed by atoms with Gasteiger partial charge in [-0.2, -0.15) is 0 Å². The van der Waals surface area contributed by atoms with Gasteiger partial charge in [-0.25, -0.2) is 4.98 Å². The molecule has 2 amide bonds. The van der Waals surface area contributed by atoms with Gasteiger partial charge in [0.05, 0.1) is 6.54 Å². The predicted molar refractivity (Wildman–Crippen MR) is 64.0 cm³/mol. The number of carbonyl (C=O) groups excluding carboxylic acids is 2. The van der Waals surface area contributed by atoms with Crippen LogP contribution in [0.25, 0.3) is 0 Å². The SMILES string of the molecule is CC(C)c1nc(C(=O)N2CCCNC(=O)C2)n[nH]1. The zero-order valence-corrected chi connectivity index (χ0v) is 10.6. The molecule has 1 saturated heterocycles. The standard InChI is InChI=1S/C11H17N5O2/c1-7(2)9-13-10(15-14-9)11(18)16-5-3-4-12-8(17)6-16/h7H,3-6H2,1-2H3,(H,12,17)(H,13,14,15). The van der Waals surface area contributed by atoms with E-state index in [4.69, 9.17) is 0 Å². The van der Waals surface area contributed by atoms with Crippen molar-refractivity contribution in [1.82, 2.24) is 25.4 Å². The first-order valence-electron chi connectivity index (χ1n) is 6.06. The molecule has 18 heavy (non-hydrogen) atoms. The van der Waals surface area contributed by atoms with Crippen LogP contribution < -0.4 is 5.32 Å². The summed E-state index contributed by atoms with van der Waals surface area (Å²) >= 11 is 0. The number of carbonyl (C=O) groups is 2. The molecule has 2 rings (SSSR count). The van der Waals surface area contributed by atoms with Gasteiger partial charge in [-0.15, -0.1) is 5.10 Å². The van der Waals surface area contributed by atoms with Gasteiger partial charge in [-0.1, -0.05) is 13.8 Å². The van der Waals surface area contributed by atoms with Crippen molar-refractivity contribution in [2.45, 2.75) is 26.2 Å². The van der Waals surface area contributed by atoms with Crippen molar-refractivity contribution in [2.24, 2.45) is 0 Å². The van der Waals surface area contributed by atoms with Crippen LogP contribution in [0.3, 0.4) is 0 Å². The van der Waals surface area contributed by atoms with Gasteiger partial charge in [0.1, 0.15) is 5.82 Å². The third-order valence-electron chi connectivity index (χ3n) is 2.79. The number of hydrogen-bond donors (Lipinski definition) is 2. The highest BCUT2D eigenvalue weighted by Gasteiger charge is 2.24. The van der Waals surface area contributed by atoms with Gasteiger partial charge >= 0.3 is 0 Å². The number of H-pyrrole nitrogens is 1. The van der Waals surface area contributed by atoms with Gasteiger partial charge < -0.3 is 10.2 Å². The molecule has 7 heteroatoms. The van der Waals surface area contributed by atoms with Crippen molar-refractivity contribution < 1.29 is 9.59 Å².